The zero-order chi connectivity index (χ0) is 9.78. The van der Waals surface area contributed by atoms with Crippen LogP contribution in [0.15, 0.2) is 0 Å². The molecule has 0 saturated heterocycles. The molecule has 0 fully saturated rings. The minimum absolute atomic E-state index is 0.462. The minimum Gasteiger partial charge on any atom is -0.306 e. The molecule has 0 saturated carbocycles. The molecule has 1 nitrogen and oxygen atoms in total. The standard InChI is InChI=1S/C11H25N/c1-7-8-10(12(5)6)9-11(2,3)4/h10H,7-9H2,1-6H3. The average Bonchev–Trinajstić information content (AvgIpc) is 1.83. The van der Waals surface area contributed by atoms with Crippen molar-refractivity contribution in [2.45, 2.75) is 53.0 Å². The highest BCUT2D eigenvalue weighted by molar-refractivity contribution is 4.73. The predicted molar refractivity (Wildman–Crippen MR) is 56.5 cm³/mol. The Morgan fingerprint density at radius 1 is 1.17 bits per heavy atom. The second-order valence-electron chi connectivity index (χ2n) is 5.17. The van der Waals surface area contributed by atoms with Gasteiger partial charge < -0.3 is 4.90 Å². The first-order chi connectivity index (χ1) is 5.37. The highest BCUT2D eigenvalue weighted by Gasteiger charge is 2.19. The SMILES string of the molecule is CCCC(CC(C)(C)C)N(C)C. The lowest BCUT2D eigenvalue weighted by molar-refractivity contribution is 0.198. The van der Waals surface area contributed by atoms with Gasteiger partial charge in [-0.2, -0.15) is 0 Å². The van der Waals surface area contributed by atoms with Gasteiger partial charge in [0, 0.05) is 6.04 Å². The highest BCUT2D eigenvalue weighted by atomic mass is 15.1. The second-order valence-corrected chi connectivity index (χ2v) is 5.17. The summed E-state index contributed by atoms with van der Waals surface area (Å²) in [5.74, 6) is 0. The first-order valence-corrected chi connectivity index (χ1v) is 5.03. The van der Waals surface area contributed by atoms with Gasteiger partial charge >= 0.3 is 0 Å². The molecule has 0 aliphatic rings. The predicted octanol–water partition coefficient (Wildman–Crippen LogP) is 3.15. The summed E-state index contributed by atoms with van der Waals surface area (Å²) in [6.07, 6.45) is 3.91. The third-order valence-electron chi connectivity index (χ3n) is 2.20. The molecule has 0 spiro atoms. The van der Waals surface area contributed by atoms with Crippen molar-refractivity contribution in [3.05, 3.63) is 0 Å². The molecule has 0 aromatic heterocycles. The summed E-state index contributed by atoms with van der Waals surface area (Å²) in [5, 5.41) is 0. The van der Waals surface area contributed by atoms with Gasteiger partial charge in [0.25, 0.3) is 0 Å². The molecule has 74 valence electrons. The van der Waals surface area contributed by atoms with E-state index in [0.717, 1.165) is 6.04 Å². The van der Waals surface area contributed by atoms with Crippen LogP contribution in [-0.4, -0.2) is 25.0 Å². The molecule has 0 heterocycles. The van der Waals surface area contributed by atoms with E-state index in [2.05, 4.69) is 46.7 Å². The molecule has 0 amide bonds. The third-order valence-corrected chi connectivity index (χ3v) is 2.20. The minimum atomic E-state index is 0.462. The van der Waals surface area contributed by atoms with Crippen LogP contribution in [0.1, 0.15) is 47.0 Å². The molecule has 1 heteroatoms. The van der Waals surface area contributed by atoms with E-state index >= 15 is 0 Å². The molecule has 0 rings (SSSR count). The van der Waals surface area contributed by atoms with Gasteiger partial charge in [0.15, 0.2) is 0 Å². The van der Waals surface area contributed by atoms with Crippen molar-refractivity contribution >= 4 is 0 Å². The first kappa shape index (κ1) is 12.0. The Morgan fingerprint density at radius 2 is 1.67 bits per heavy atom. The fraction of sp³-hybridized carbons (Fsp3) is 1.00. The van der Waals surface area contributed by atoms with Gasteiger partial charge in [-0.05, 0) is 32.4 Å². The fourth-order valence-corrected chi connectivity index (χ4v) is 1.58. The van der Waals surface area contributed by atoms with Gasteiger partial charge in [-0.15, -0.1) is 0 Å². The van der Waals surface area contributed by atoms with Crippen molar-refractivity contribution in [1.82, 2.24) is 4.90 Å². The van der Waals surface area contributed by atoms with Gasteiger partial charge in [-0.3, -0.25) is 0 Å². The average molecular weight is 171 g/mol. The maximum atomic E-state index is 2.36. The normalized spacial score (nSPS) is 15.2. The van der Waals surface area contributed by atoms with Crippen LogP contribution in [0.3, 0.4) is 0 Å². The van der Waals surface area contributed by atoms with Crippen LogP contribution in [0.4, 0.5) is 0 Å². The maximum Gasteiger partial charge on any atom is 0.00940 e. The van der Waals surface area contributed by atoms with Gasteiger partial charge in [0.1, 0.15) is 0 Å². The van der Waals surface area contributed by atoms with Crippen LogP contribution in [0.5, 0.6) is 0 Å². The molecule has 0 N–H and O–H groups in total. The number of hydrogen-bond acceptors (Lipinski definition) is 1. The van der Waals surface area contributed by atoms with Crippen LogP contribution in [0.25, 0.3) is 0 Å². The van der Waals surface area contributed by atoms with E-state index in [1.165, 1.54) is 19.3 Å². The summed E-state index contributed by atoms with van der Waals surface area (Å²) in [5.41, 5.74) is 0.462. The quantitative estimate of drug-likeness (QED) is 0.628. The zero-order valence-electron chi connectivity index (χ0n) is 9.65. The molecule has 0 bridgehead atoms. The monoisotopic (exact) mass is 171 g/mol. The van der Waals surface area contributed by atoms with Crippen molar-refractivity contribution in [2.75, 3.05) is 14.1 Å². The van der Waals surface area contributed by atoms with Crippen LogP contribution in [0, 0.1) is 5.41 Å². The van der Waals surface area contributed by atoms with Crippen LogP contribution in [-0.2, 0) is 0 Å². The van der Waals surface area contributed by atoms with Crippen molar-refractivity contribution in [3.63, 3.8) is 0 Å². The molecule has 0 radical (unpaired) electrons. The lowest BCUT2D eigenvalue weighted by Gasteiger charge is -2.30. The smallest absolute Gasteiger partial charge is 0.00940 e. The van der Waals surface area contributed by atoms with Gasteiger partial charge in [-0.25, -0.2) is 0 Å². The Morgan fingerprint density at radius 3 is 1.92 bits per heavy atom. The topological polar surface area (TPSA) is 3.24 Å². The molecular formula is C11H25N. The molecule has 0 aromatic rings. The largest absolute Gasteiger partial charge is 0.306 e. The Bertz CT molecular complexity index is 111. The molecule has 0 aliphatic carbocycles. The van der Waals surface area contributed by atoms with Gasteiger partial charge in [0.05, 0.1) is 0 Å². The summed E-state index contributed by atoms with van der Waals surface area (Å²) in [4.78, 5) is 2.36. The summed E-state index contributed by atoms with van der Waals surface area (Å²) in [6, 6.07) is 0.759. The lowest BCUT2D eigenvalue weighted by atomic mass is 9.86. The van der Waals surface area contributed by atoms with E-state index in [-0.39, 0.29) is 0 Å². The van der Waals surface area contributed by atoms with E-state index in [4.69, 9.17) is 0 Å². The van der Waals surface area contributed by atoms with Crippen LogP contribution >= 0.6 is 0 Å². The van der Waals surface area contributed by atoms with Crippen LogP contribution in [0.2, 0.25) is 0 Å². The summed E-state index contributed by atoms with van der Waals surface area (Å²) in [7, 11) is 4.37. The van der Waals surface area contributed by atoms with Gasteiger partial charge in [-0.1, -0.05) is 34.1 Å². The number of nitrogens with zero attached hydrogens (tertiary/aromatic N) is 1. The van der Waals surface area contributed by atoms with Gasteiger partial charge in [0.2, 0.25) is 0 Å². The first-order valence-electron chi connectivity index (χ1n) is 5.03. The number of rotatable bonds is 4. The molecular weight excluding hydrogens is 146 g/mol. The van der Waals surface area contributed by atoms with Crippen molar-refractivity contribution in [1.29, 1.82) is 0 Å². The Kier molecular flexibility index (Phi) is 4.84. The molecule has 1 unspecified atom stereocenters. The third kappa shape index (κ3) is 5.59. The summed E-state index contributed by atoms with van der Waals surface area (Å²) >= 11 is 0. The Labute approximate surface area is 78.1 Å². The highest BCUT2D eigenvalue weighted by Crippen LogP contribution is 2.24. The molecule has 0 aliphatic heterocycles. The molecule has 0 aromatic carbocycles. The van der Waals surface area contributed by atoms with E-state index in [1.807, 2.05) is 0 Å². The second kappa shape index (κ2) is 4.86. The van der Waals surface area contributed by atoms with E-state index in [0.29, 0.717) is 5.41 Å². The Hall–Kier alpha value is -0.0400. The van der Waals surface area contributed by atoms with Crippen LogP contribution < -0.4 is 0 Å². The lowest BCUT2D eigenvalue weighted by Crippen LogP contribution is -2.31. The molecule has 1 atom stereocenters. The summed E-state index contributed by atoms with van der Waals surface area (Å²) in [6.45, 7) is 9.22. The summed E-state index contributed by atoms with van der Waals surface area (Å²) < 4.78 is 0. The van der Waals surface area contributed by atoms with E-state index in [1.54, 1.807) is 0 Å². The number of hydrogen-bond donors (Lipinski definition) is 0. The van der Waals surface area contributed by atoms with Crippen molar-refractivity contribution in [3.8, 4) is 0 Å². The van der Waals surface area contributed by atoms with E-state index in [9.17, 15) is 0 Å². The van der Waals surface area contributed by atoms with Crippen molar-refractivity contribution < 1.29 is 0 Å². The zero-order valence-corrected chi connectivity index (χ0v) is 9.65. The Balaban J connectivity index is 3.95. The van der Waals surface area contributed by atoms with E-state index < -0.39 is 0 Å². The maximum absolute atomic E-state index is 2.36. The fourth-order valence-electron chi connectivity index (χ4n) is 1.58. The van der Waals surface area contributed by atoms with Crippen molar-refractivity contribution in [2.24, 2.45) is 5.41 Å². The molecule has 12 heavy (non-hydrogen) atoms.